The molecule has 1 saturated heterocycles. The molecule has 1 atom stereocenters. The van der Waals surface area contributed by atoms with Gasteiger partial charge in [0.2, 0.25) is 15.9 Å². The van der Waals surface area contributed by atoms with Crippen molar-refractivity contribution in [2.75, 3.05) is 25.1 Å². The van der Waals surface area contributed by atoms with Crippen LogP contribution in [0.1, 0.15) is 41.8 Å². The highest BCUT2D eigenvalue weighted by molar-refractivity contribution is 7.89. The number of pyridine rings is 2. The number of carbonyl (C=O) groups excluding carboxylic acids is 1. The molecule has 4 aromatic rings. The second kappa shape index (κ2) is 12.5. The summed E-state index contributed by atoms with van der Waals surface area (Å²) in [5.41, 5.74) is 2.31. The molecule has 1 N–H and O–H groups in total. The van der Waals surface area contributed by atoms with E-state index >= 15 is 0 Å². The van der Waals surface area contributed by atoms with Crippen molar-refractivity contribution < 1.29 is 27.9 Å². The van der Waals surface area contributed by atoms with Gasteiger partial charge in [-0.3, -0.25) is 14.8 Å². The van der Waals surface area contributed by atoms with E-state index in [1.54, 1.807) is 35.5 Å². The highest BCUT2D eigenvalue weighted by Gasteiger charge is 2.44. The topological polar surface area (TPSA) is 130 Å². The van der Waals surface area contributed by atoms with E-state index in [2.05, 4.69) is 9.97 Å². The Labute approximate surface area is 260 Å². The van der Waals surface area contributed by atoms with Crippen molar-refractivity contribution in [1.29, 1.82) is 0 Å². The third-order valence-corrected chi connectivity index (χ3v) is 11.3. The molecule has 3 aromatic heterocycles. The molecule has 1 aromatic carbocycles. The number of piperazine rings is 1. The summed E-state index contributed by atoms with van der Waals surface area (Å²) >= 11 is 1.12. The van der Waals surface area contributed by atoms with Crippen molar-refractivity contribution in [3.05, 3.63) is 78.1 Å². The Bertz CT molecular complexity index is 1770. The quantitative estimate of drug-likeness (QED) is 0.267. The van der Waals surface area contributed by atoms with Gasteiger partial charge in [-0.25, -0.2) is 13.2 Å². The summed E-state index contributed by atoms with van der Waals surface area (Å²) in [5, 5.41) is 10.2. The molecule has 1 aliphatic heterocycles. The Morgan fingerprint density at radius 2 is 1.82 bits per heavy atom. The molecule has 2 fully saturated rings. The van der Waals surface area contributed by atoms with Gasteiger partial charge in [0.05, 0.1) is 36.6 Å². The van der Waals surface area contributed by atoms with Crippen LogP contribution in [-0.2, 0) is 14.8 Å². The van der Waals surface area contributed by atoms with E-state index < -0.39 is 34.5 Å². The van der Waals surface area contributed by atoms with Crippen LogP contribution in [-0.4, -0.2) is 65.9 Å². The van der Waals surface area contributed by atoms with Crippen molar-refractivity contribution in [2.24, 2.45) is 5.92 Å². The van der Waals surface area contributed by atoms with E-state index in [0.29, 0.717) is 22.7 Å². The molecular weight excluding hydrogens is 601 g/mol. The van der Waals surface area contributed by atoms with Gasteiger partial charge in [-0.2, -0.15) is 4.31 Å². The summed E-state index contributed by atoms with van der Waals surface area (Å²) in [4.78, 5) is 37.2. The van der Waals surface area contributed by atoms with Crippen LogP contribution in [0.5, 0.6) is 5.75 Å². The first-order valence-electron chi connectivity index (χ1n) is 14.5. The number of aromatic carboxylic acids is 1. The molecule has 1 saturated carbocycles. The van der Waals surface area contributed by atoms with Gasteiger partial charge in [0.15, 0.2) is 0 Å². The summed E-state index contributed by atoms with van der Waals surface area (Å²) in [5.74, 6) is -0.968. The molecule has 1 aliphatic carbocycles. The van der Waals surface area contributed by atoms with Crippen LogP contribution >= 0.6 is 11.3 Å². The molecule has 0 spiro atoms. The molecule has 44 heavy (non-hydrogen) atoms. The fourth-order valence-electron chi connectivity index (χ4n) is 6.19. The minimum atomic E-state index is -4.09. The molecule has 10 nitrogen and oxygen atoms in total. The Kier molecular flexibility index (Phi) is 8.48. The van der Waals surface area contributed by atoms with Crippen LogP contribution in [0.4, 0.5) is 5.69 Å². The van der Waals surface area contributed by atoms with Crippen molar-refractivity contribution in [3.63, 3.8) is 0 Å². The predicted molar refractivity (Wildman–Crippen MR) is 167 cm³/mol. The third kappa shape index (κ3) is 5.72. The van der Waals surface area contributed by atoms with Gasteiger partial charge in [-0.15, -0.1) is 11.3 Å². The van der Waals surface area contributed by atoms with E-state index in [4.69, 9.17) is 4.74 Å². The van der Waals surface area contributed by atoms with Crippen molar-refractivity contribution >= 4 is 38.9 Å². The number of carboxylic acids is 1. The molecule has 0 radical (unpaired) electrons. The van der Waals surface area contributed by atoms with Crippen LogP contribution in [0.25, 0.3) is 21.7 Å². The minimum Gasteiger partial charge on any atom is -0.496 e. The Morgan fingerprint density at radius 3 is 2.50 bits per heavy atom. The Hall–Kier alpha value is -4.13. The maximum absolute atomic E-state index is 14.0. The molecule has 12 heteroatoms. The van der Waals surface area contributed by atoms with Crippen LogP contribution in [0.2, 0.25) is 0 Å². The average Bonchev–Trinajstić information content (AvgIpc) is 3.51. The number of methoxy groups -OCH3 is 1. The van der Waals surface area contributed by atoms with E-state index in [0.717, 1.165) is 53.9 Å². The number of rotatable bonds is 8. The van der Waals surface area contributed by atoms with E-state index in [9.17, 15) is 23.1 Å². The fraction of sp³-hybridized carbons (Fsp3) is 0.312. The highest BCUT2D eigenvalue weighted by atomic mass is 32.2. The van der Waals surface area contributed by atoms with Gasteiger partial charge >= 0.3 is 5.97 Å². The number of carboxylic acid groups (broad SMARTS) is 1. The number of ether oxygens (including phenoxy) is 1. The maximum Gasteiger partial charge on any atom is 0.348 e. The van der Waals surface area contributed by atoms with Gasteiger partial charge in [0, 0.05) is 30.0 Å². The van der Waals surface area contributed by atoms with Crippen LogP contribution < -0.4 is 9.64 Å². The number of carbonyl (C=O) groups is 2. The lowest BCUT2D eigenvalue weighted by Gasteiger charge is -2.44. The molecule has 6 rings (SSSR count). The predicted octanol–water partition coefficient (Wildman–Crippen LogP) is 5.57. The maximum atomic E-state index is 14.0. The second-order valence-corrected chi connectivity index (χ2v) is 14.0. The van der Waals surface area contributed by atoms with Crippen molar-refractivity contribution in [3.8, 4) is 27.4 Å². The van der Waals surface area contributed by atoms with Gasteiger partial charge in [-0.05, 0) is 48.6 Å². The van der Waals surface area contributed by atoms with Gasteiger partial charge in [-0.1, -0.05) is 49.6 Å². The Morgan fingerprint density at radius 1 is 1.05 bits per heavy atom. The summed E-state index contributed by atoms with van der Waals surface area (Å²) in [6, 6.07) is 15.5. The zero-order valence-electron chi connectivity index (χ0n) is 24.1. The first-order chi connectivity index (χ1) is 21.3. The smallest absolute Gasteiger partial charge is 0.348 e. The van der Waals surface area contributed by atoms with Gasteiger partial charge in [0.25, 0.3) is 0 Å². The SMILES string of the molecule is COc1ccncc1-c1ccc(S(=O)(=O)N2CC(=O)N(c3cc(-c4ccccc4)sc3C(=O)O)[C@H](C3CCCCC3)C2)cn1. The average molecular weight is 633 g/mol. The molecule has 0 bridgehead atoms. The van der Waals surface area contributed by atoms with Crippen LogP contribution in [0.3, 0.4) is 0 Å². The number of amides is 1. The normalized spacial score (nSPS) is 18.3. The zero-order chi connectivity index (χ0) is 30.8. The number of nitrogens with zero attached hydrogens (tertiary/aromatic N) is 4. The minimum absolute atomic E-state index is 0.0270. The van der Waals surface area contributed by atoms with E-state index in [1.165, 1.54) is 23.7 Å². The van der Waals surface area contributed by atoms with Gasteiger partial charge in [0.1, 0.15) is 15.5 Å². The summed E-state index contributed by atoms with van der Waals surface area (Å²) in [7, 11) is -2.55. The fourth-order valence-corrected chi connectivity index (χ4v) is 8.54. The number of benzene rings is 1. The number of hydrogen-bond donors (Lipinski definition) is 1. The number of hydrogen-bond acceptors (Lipinski definition) is 8. The summed E-state index contributed by atoms with van der Waals surface area (Å²) in [6.45, 7) is -0.341. The second-order valence-electron chi connectivity index (χ2n) is 11.0. The number of thiophene rings is 1. The Balaban J connectivity index is 1.34. The molecule has 0 unspecified atom stereocenters. The van der Waals surface area contributed by atoms with Crippen LogP contribution in [0.15, 0.2) is 78.1 Å². The number of aromatic nitrogens is 2. The first-order valence-corrected chi connectivity index (χ1v) is 16.7. The molecular formula is C32H32N4O6S2. The lowest BCUT2D eigenvalue weighted by atomic mass is 9.82. The number of sulfonamides is 1. The highest BCUT2D eigenvalue weighted by Crippen LogP contribution is 2.42. The standard InChI is InChI=1S/C32H32N4O6S2/c1-42-28-14-15-33-18-24(28)25-13-12-23(17-34-25)44(40,41)35-19-27(21-8-4-2-5-9-21)36(30(37)20-35)26-16-29(43-31(26)32(38)39)22-10-6-3-7-11-22/h3,6-7,10-18,21,27H,2,4-5,8-9,19-20H2,1H3,(H,38,39)/t27-/m0/s1. The molecule has 2 aliphatic rings. The zero-order valence-corrected chi connectivity index (χ0v) is 25.8. The van der Waals surface area contributed by atoms with Crippen molar-refractivity contribution in [1.82, 2.24) is 14.3 Å². The van der Waals surface area contributed by atoms with Crippen LogP contribution in [0, 0.1) is 5.92 Å². The van der Waals surface area contributed by atoms with E-state index in [1.807, 2.05) is 30.3 Å². The summed E-state index contributed by atoms with van der Waals surface area (Å²) in [6.07, 6.45) is 9.19. The lowest BCUT2D eigenvalue weighted by Crippen LogP contribution is -2.60. The molecule has 4 heterocycles. The monoisotopic (exact) mass is 632 g/mol. The number of anilines is 1. The van der Waals surface area contributed by atoms with Gasteiger partial charge < -0.3 is 14.7 Å². The van der Waals surface area contributed by atoms with Crippen molar-refractivity contribution in [2.45, 2.75) is 43.0 Å². The molecule has 228 valence electrons. The molecule has 1 amide bonds. The van der Waals surface area contributed by atoms with E-state index in [-0.39, 0.29) is 22.2 Å². The largest absolute Gasteiger partial charge is 0.496 e. The third-order valence-electron chi connectivity index (χ3n) is 8.37. The first kappa shape index (κ1) is 29.9. The lowest BCUT2D eigenvalue weighted by molar-refractivity contribution is -0.121. The summed E-state index contributed by atoms with van der Waals surface area (Å²) < 4.78 is 34.5.